The normalized spacial score (nSPS) is 16.8. The van der Waals surface area contributed by atoms with E-state index in [2.05, 4.69) is 10.2 Å². The molecule has 3 rings (SSSR count). The zero-order valence-corrected chi connectivity index (χ0v) is 22.1. The van der Waals surface area contributed by atoms with Gasteiger partial charge in [-0.2, -0.15) is 4.31 Å². The molecule has 11 heteroatoms. The smallest absolute Gasteiger partial charge is 0.246 e. The summed E-state index contributed by atoms with van der Waals surface area (Å²) < 4.78 is 33.3. The molecule has 0 aromatic heterocycles. The minimum Gasteiger partial charge on any atom is -0.370 e. The van der Waals surface area contributed by atoms with Crippen LogP contribution in [0.4, 0.5) is 0 Å². The zero-order valence-electron chi connectivity index (χ0n) is 19.1. The van der Waals surface area contributed by atoms with E-state index in [9.17, 15) is 13.2 Å². The maximum Gasteiger partial charge on any atom is 0.246 e. The molecule has 1 amide bonds. The summed E-state index contributed by atoms with van der Waals surface area (Å²) in [5.41, 5.74) is 2.18. The summed E-state index contributed by atoms with van der Waals surface area (Å²) in [6.07, 6.45) is 1.29. The first kappa shape index (κ1) is 27.2. The molecule has 1 atom stereocenters. The fraction of sp³-hybridized carbons (Fsp3) is 0.435. The van der Waals surface area contributed by atoms with Crippen LogP contribution in [0, 0.1) is 0 Å². The van der Waals surface area contributed by atoms with Crippen LogP contribution >= 0.6 is 34.8 Å². The molecule has 1 N–H and O–H groups in total. The molecule has 0 aliphatic carbocycles. The van der Waals surface area contributed by atoms with Crippen LogP contribution in [0.15, 0.2) is 41.3 Å². The van der Waals surface area contributed by atoms with E-state index in [1.165, 1.54) is 22.0 Å². The van der Waals surface area contributed by atoms with Crippen LogP contribution in [0.2, 0.25) is 15.1 Å². The molecule has 0 saturated carbocycles. The van der Waals surface area contributed by atoms with Gasteiger partial charge in [-0.15, -0.1) is 0 Å². The van der Waals surface area contributed by atoms with E-state index in [-0.39, 0.29) is 39.1 Å². The van der Waals surface area contributed by atoms with Crippen molar-refractivity contribution in [3.63, 3.8) is 0 Å². The molecule has 0 bridgehead atoms. The van der Waals surface area contributed by atoms with E-state index in [1.807, 2.05) is 38.4 Å². The van der Waals surface area contributed by atoms with Gasteiger partial charge in [0, 0.05) is 30.7 Å². The molecule has 0 spiro atoms. The number of carbonyl (C=O) groups excluding carboxylic acids is 1. The number of hydrogen-bond acceptors (Lipinski definition) is 5. The van der Waals surface area contributed by atoms with E-state index in [0.717, 1.165) is 12.1 Å². The SMILES string of the molecule is CN(C)Cc1ccc(CNC(=O)COCC2CCCN2S(=O)(=O)c2c(Cl)cc(Cl)cc2Cl)cc1. The topological polar surface area (TPSA) is 79.0 Å². The van der Waals surface area contributed by atoms with Crippen LogP contribution in [0.3, 0.4) is 0 Å². The van der Waals surface area contributed by atoms with Gasteiger partial charge in [-0.3, -0.25) is 4.79 Å². The van der Waals surface area contributed by atoms with Crippen molar-refractivity contribution < 1.29 is 17.9 Å². The Kier molecular flexibility index (Phi) is 9.63. The van der Waals surface area contributed by atoms with Gasteiger partial charge < -0.3 is 15.0 Å². The number of rotatable bonds is 10. The average Bonchev–Trinajstić information content (AvgIpc) is 3.21. The predicted molar refractivity (Wildman–Crippen MR) is 135 cm³/mol. The lowest BCUT2D eigenvalue weighted by Gasteiger charge is -2.25. The zero-order chi connectivity index (χ0) is 24.9. The number of halogens is 3. The van der Waals surface area contributed by atoms with Crippen molar-refractivity contribution in [2.75, 3.05) is 33.9 Å². The van der Waals surface area contributed by atoms with Gasteiger partial charge >= 0.3 is 0 Å². The molecule has 1 saturated heterocycles. The maximum absolute atomic E-state index is 13.2. The van der Waals surface area contributed by atoms with Gasteiger partial charge in [-0.1, -0.05) is 59.1 Å². The maximum atomic E-state index is 13.2. The third kappa shape index (κ3) is 7.07. The van der Waals surface area contributed by atoms with E-state index in [1.54, 1.807) is 0 Å². The van der Waals surface area contributed by atoms with Gasteiger partial charge in [-0.25, -0.2) is 8.42 Å². The number of benzene rings is 2. The Morgan fingerprint density at radius 1 is 1.12 bits per heavy atom. The summed E-state index contributed by atoms with van der Waals surface area (Å²) in [6.45, 7) is 1.49. The molecular weight excluding hydrogens is 521 g/mol. The molecule has 1 aliphatic heterocycles. The van der Waals surface area contributed by atoms with Crippen LogP contribution in [0.5, 0.6) is 0 Å². The van der Waals surface area contributed by atoms with Crippen molar-refractivity contribution in [2.45, 2.75) is 36.9 Å². The quantitative estimate of drug-likeness (QED) is 0.482. The van der Waals surface area contributed by atoms with Crippen molar-refractivity contribution in [1.29, 1.82) is 0 Å². The number of ether oxygens (including phenoxy) is 1. The van der Waals surface area contributed by atoms with Gasteiger partial charge in [-0.05, 0) is 50.2 Å². The second kappa shape index (κ2) is 12.0. The highest BCUT2D eigenvalue weighted by Crippen LogP contribution is 2.37. The van der Waals surface area contributed by atoms with Crippen LogP contribution < -0.4 is 5.32 Å². The summed E-state index contributed by atoms with van der Waals surface area (Å²) >= 11 is 18.2. The van der Waals surface area contributed by atoms with Crippen molar-refractivity contribution in [3.8, 4) is 0 Å². The summed E-state index contributed by atoms with van der Waals surface area (Å²) in [5.74, 6) is -0.270. The summed E-state index contributed by atoms with van der Waals surface area (Å²) in [4.78, 5) is 14.1. The lowest BCUT2D eigenvalue weighted by Crippen LogP contribution is -2.39. The number of amides is 1. The molecule has 1 aliphatic rings. The molecule has 7 nitrogen and oxygen atoms in total. The van der Waals surface area contributed by atoms with Crippen LogP contribution in [-0.4, -0.2) is 63.4 Å². The minimum absolute atomic E-state index is 0.0295. The highest BCUT2D eigenvalue weighted by Gasteiger charge is 2.38. The summed E-state index contributed by atoms with van der Waals surface area (Å²) in [5, 5.41) is 3.01. The molecular formula is C23H28Cl3N3O4S. The number of hydrogen-bond donors (Lipinski definition) is 1. The first-order valence-corrected chi connectivity index (χ1v) is 13.4. The Hall–Kier alpha value is -1.39. The van der Waals surface area contributed by atoms with Crippen molar-refractivity contribution in [3.05, 3.63) is 62.6 Å². The summed E-state index contributed by atoms with van der Waals surface area (Å²) in [7, 11) is 0.0736. The molecule has 1 fully saturated rings. The van der Waals surface area contributed by atoms with E-state index in [4.69, 9.17) is 39.5 Å². The molecule has 2 aromatic rings. The Morgan fingerprint density at radius 2 is 1.74 bits per heavy atom. The van der Waals surface area contributed by atoms with Crippen molar-refractivity contribution >= 4 is 50.7 Å². The van der Waals surface area contributed by atoms with Gasteiger partial charge in [0.15, 0.2) is 0 Å². The number of nitrogens with zero attached hydrogens (tertiary/aromatic N) is 2. The van der Waals surface area contributed by atoms with Gasteiger partial charge in [0.05, 0.1) is 16.7 Å². The predicted octanol–water partition coefficient (Wildman–Crippen LogP) is 4.19. The van der Waals surface area contributed by atoms with Crippen molar-refractivity contribution in [1.82, 2.24) is 14.5 Å². The lowest BCUT2D eigenvalue weighted by atomic mass is 10.1. The monoisotopic (exact) mass is 547 g/mol. The Labute approximate surface area is 216 Å². The van der Waals surface area contributed by atoms with Gasteiger partial charge in [0.1, 0.15) is 11.5 Å². The number of carbonyl (C=O) groups is 1. The van der Waals surface area contributed by atoms with Crippen LogP contribution in [0.1, 0.15) is 24.0 Å². The van der Waals surface area contributed by atoms with Gasteiger partial charge in [0.2, 0.25) is 15.9 Å². The number of sulfonamides is 1. The fourth-order valence-electron chi connectivity index (χ4n) is 3.85. The Balaban J connectivity index is 1.51. The minimum atomic E-state index is -3.95. The molecule has 1 unspecified atom stereocenters. The highest BCUT2D eigenvalue weighted by molar-refractivity contribution is 7.89. The Morgan fingerprint density at radius 3 is 2.35 bits per heavy atom. The molecule has 2 aromatic carbocycles. The third-order valence-electron chi connectivity index (χ3n) is 5.41. The first-order chi connectivity index (χ1) is 16.1. The largest absolute Gasteiger partial charge is 0.370 e. The lowest BCUT2D eigenvalue weighted by molar-refractivity contribution is -0.126. The van der Waals surface area contributed by atoms with E-state index < -0.39 is 16.1 Å². The van der Waals surface area contributed by atoms with Gasteiger partial charge in [0.25, 0.3) is 0 Å². The number of nitrogens with one attached hydrogen (secondary N) is 1. The third-order valence-corrected chi connectivity index (χ3v) is 8.50. The van der Waals surface area contributed by atoms with Crippen LogP contribution in [-0.2, 0) is 32.6 Å². The van der Waals surface area contributed by atoms with Crippen LogP contribution in [0.25, 0.3) is 0 Å². The van der Waals surface area contributed by atoms with E-state index in [0.29, 0.717) is 25.9 Å². The second-order valence-electron chi connectivity index (χ2n) is 8.46. The first-order valence-electron chi connectivity index (χ1n) is 10.8. The molecule has 0 radical (unpaired) electrons. The average molecular weight is 549 g/mol. The van der Waals surface area contributed by atoms with Crippen molar-refractivity contribution in [2.24, 2.45) is 0 Å². The molecule has 1 heterocycles. The summed E-state index contributed by atoms with van der Waals surface area (Å²) in [6, 6.07) is 10.3. The second-order valence-corrected chi connectivity index (χ2v) is 11.5. The van der Waals surface area contributed by atoms with E-state index >= 15 is 0 Å². The molecule has 34 heavy (non-hydrogen) atoms. The highest BCUT2D eigenvalue weighted by atomic mass is 35.5. The fourth-order valence-corrected chi connectivity index (χ4v) is 7.03. The molecule has 186 valence electrons. The standard InChI is InChI=1S/C23H28Cl3N3O4S/c1-28(2)13-17-7-5-16(6-8-17)12-27-22(30)15-33-14-19-4-3-9-29(19)34(31,32)23-20(25)10-18(24)11-21(23)26/h5-8,10-11,19H,3-4,9,12-15H2,1-2H3,(H,27,30). The Bertz CT molecular complexity index is 1090.